The Balaban J connectivity index is 1.33. The van der Waals surface area contributed by atoms with Crippen molar-refractivity contribution in [3.63, 3.8) is 0 Å². The van der Waals surface area contributed by atoms with Gasteiger partial charge in [0.25, 0.3) is 10.0 Å². The van der Waals surface area contributed by atoms with E-state index in [1.165, 1.54) is 15.6 Å². The summed E-state index contributed by atoms with van der Waals surface area (Å²) in [4.78, 5) is 25.9. The van der Waals surface area contributed by atoms with Gasteiger partial charge in [-0.05, 0) is 68.3 Å². The Morgan fingerprint density at radius 2 is 1.50 bits per heavy atom. The number of rotatable bonds is 6. The molecule has 0 aliphatic carbocycles. The Labute approximate surface area is 203 Å². The van der Waals surface area contributed by atoms with E-state index in [2.05, 4.69) is 16.0 Å². The van der Waals surface area contributed by atoms with Crippen LogP contribution < -0.4 is 16.0 Å². The smallest absolute Gasteiger partial charge is 0.323 e. The van der Waals surface area contributed by atoms with E-state index in [-0.39, 0.29) is 18.5 Å². The molecule has 1 aliphatic heterocycles. The third-order valence-electron chi connectivity index (χ3n) is 5.51. The van der Waals surface area contributed by atoms with Crippen LogP contribution in [0, 0.1) is 12.8 Å². The molecule has 4 rings (SSSR count). The first kappa shape index (κ1) is 23.9. The molecule has 1 fully saturated rings. The highest BCUT2D eigenvalue weighted by Gasteiger charge is 2.34. The molecular formula is C24H26N4O4S2. The van der Waals surface area contributed by atoms with Gasteiger partial charge < -0.3 is 16.0 Å². The quantitative estimate of drug-likeness (QED) is 0.456. The first-order valence-corrected chi connectivity index (χ1v) is 13.2. The van der Waals surface area contributed by atoms with E-state index < -0.39 is 15.9 Å². The molecule has 1 aliphatic rings. The highest BCUT2D eigenvalue weighted by molar-refractivity contribution is 7.91. The third-order valence-corrected chi connectivity index (χ3v) is 8.84. The SMILES string of the molecule is Cc1ccc(S(=O)(=O)N2CCCC(C(=O)Nc3ccc(NC(=O)Nc4ccccc4)cc3)C2)s1. The molecule has 8 nitrogen and oxygen atoms in total. The van der Waals surface area contributed by atoms with Gasteiger partial charge in [0.15, 0.2) is 0 Å². The van der Waals surface area contributed by atoms with Crippen LogP contribution in [0.5, 0.6) is 0 Å². The van der Waals surface area contributed by atoms with E-state index in [0.29, 0.717) is 40.7 Å². The number of nitrogens with zero attached hydrogens (tertiary/aromatic N) is 1. The van der Waals surface area contributed by atoms with Crippen molar-refractivity contribution in [2.24, 2.45) is 5.92 Å². The number of aryl methyl sites for hydroxylation is 1. The molecule has 0 radical (unpaired) electrons. The average molecular weight is 499 g/mol. The number of hydrogen-bond acceptors (Lipinski definition) is 5. The number of nitrogens with one attached hydrogen (secondary N) is 3. The van der Waals surface area contributed by atoms with E-state index in [1.54, 1.807) is 48.5 Å². The van der Waals surface area contributed by atoms with Crippen molar-refractivity contribution in [2.45, 2.75) is 24.0 Å². The Morgan fingerprint density at radius 1 is 0.882 bits per heavy atom. The van der Waals surface area contributed by atoms with Gasteiger partial charge in [-0.3, -0.25) is 4.79 Å². The predicted octanol–water partition coefficient (Wildman–Crippen LogP) is 4.74. The zero-order valence-corrected chi connectivity index (χ0v) is 20.3. The van der Waals surface area contributed by atoms with Crippen molar-refractivity contribution < 1.29 is 18.0 Å². The summed E-state index contributed by atoms with van der Waals surface area (Å²) in [7, 11) is -3.59. The van der Waals surface area contributed by atoms with Gasteiger partial charge in [-0.15, -0.1) is 11.3 Å². The van der Waals surface area contributed by atoms with Crippen LogP contribution >= 0.6 is 11.3 Å². The number of sulfonamides is 1. The molecule has 3 aromatic rings. The lowest BCUT2D eigenvalue weighted by Crippen LogP contribution is -2.43. The first-order valence-electron chi connectivity index (χ1n) is 10.9. The summed E-state index contributed by atoms with van der Waals surface area (Å²) in [5.74, 6) is -0.649. The molecule has 10 heteroatoms. The summed E-state index contributed by atoms with van der Waals surface area (Å²) >= 11 is 1.24. The van der Waals surface area contributed by atoms with Crippen molar-refractivity contribution >= 4 is 50.4 Å². The second-order valence-corrected chi connectivity index (χ2v) is 11.5. The topological polar surface area (TPSA) is 108 Å². The number of piperidine rings is 1. The van der Waals surface area contributed by atoms with Crippen LogP contribution in [-0.2, 0) is 14.8 Å². The van der Waals surface area contributed by atoms with E-state index in [0.717, 1.165) is 4.88 Å². The van der Waals surface area contributed by atoms with Gasteiger partial charge in [-0.2, -0.15) is 4.31 Å². The predicted molar refractivity (Wildman–Crippen MR) is 135 cm³/mol. The summed E-state index contributed by atoms with van der Waals surface area (Å²) in [6, 6.07) is 18.9. The molecule has 178 valence electrons. The summed E-state index contributed by atoms with van der Waals surface area (Å²) in [5, 5.41) is 8.34. The molecule has 0 bridgehead atoms. The highest BCUT2D eigenvalue weighted by Crippen LogP contribution is 2.28. The fourth-order valence-corrected chi connectivity index (χ4v) is 6.71. The van der Waals surface area contributed by atoms with Crippen molar-refractivity contribution in [2.75, 3.05) is 29.0 Å². The fraction of sp³-hybridized carbons (Fsp3) is 0.250. The van der Waals surface area contributed by atoms with E-state index in [1.807, 2.05) is 25.1 Å². The van der Waals surface area contributed by atoms with Crippen LogP contribution in [0.1, 0.15) is 17.7 Å². The second kappa shape index (κ2) is 10.4. The number of carbonyl (C=O) groups excluding carboxylic acids is 2. The van der Waals surface area contributed by atoms with Crippen LogP contribution in [0.25, 0.3) is 0 Å². The van der Waals surface area contributed by atoms with Crippen LogP contribution in [0.3, 0.4) is 0 Å². The molecule has 1 atom stereocenters. The van der Waals surface area contributed by atoms with Crippen LogP contribution in [0.4, 0.5) is 21.9 Å². The monoisotopic (exact) mass is 498 g/mol. The minimum absolute atomic E-state index is 0.157. The van der Waals surface area contributed by atoms with Gasteiger partial charge in [0.05, 0.1) is 5.92 Å². The lowest BCUT2D eigenvalue weighted by Gasteiger charge is -2.30. The standard InChI is InChI=1S/C24H26N4O4S2/c1-17-9-14-22(33-17)34(31,32)28-15-5-6-18(16-28)23(29)25-20-10-12-21(13-11-20)27-24(30)26-19-7-3-2-4-8-19/h2-4,7-14,18H,5-6,15-16H2,1H3,(H,25,29)(H2,26,27,30). The van der Waals surface area contributed by atoms with Crippen molar-refractivity contribution in [3.05, 3.63) is 71.6 Å². The maximum Gasteiger partial charge on any atom is 0.323 e. The minimum atomic E-state index is -3.59. The number of urea groups is 1. The first-order chi connectivity index (χ1) is 16.3. The number of carbonyl (C=O) groups is 2. The van der Waals surface area contributed by atoms with Crippen LogP contribution in [0.15, 0.2) is 70.9 Å². The maximum atomic E-state index is 12.9. The van der Waals surface area contributed by atoms with Gasteiger partial charge in [0.2, 0.25) is 5.91 Å². The number of para-hydroxylation sites is 1. The van der Waals surface area contributed by atoms with Gasteiger partial charge in [0, 0.05) is 35.0 Å². The molecule has 3 amide bonds. The Kier molecular flexibility index (Phi) is 7.30. The number of amides is 3. The van der Waals surface area contributed by atoms with Crippen LogP contribution in [-0.4, -0.2) is 37.8 Å². The average Bonchev–Trinajstić information content (AvgIpc) is 3.28. The Hall–Kier alpha value is -3.21. The third kappa shape index (κ3) is 5.82. The molecular weight excluding hydrogens is 472 g/mol. The molecule has 1 aromatic heterocycles. The molecule has 0 spiro atoms. The van der Waals surface area contributed by atoms with E-state index >= 15 is 0 Å². The largest absolute Gasteiger partial charge is 0.326 e. The number of hydrogen-bond donors (Lipinski definition) is 3. The maximum absolute atomic E-state index is 12.9. The number of benzene rings is 2. The Bertz CT molecular complexity index is 1260. The van der Waals surface area contributed by atoms with Gasteiger partial charge in [0.1, 0.15) is 4.21 Å². The van der Waals surface area contributed by atoms with Crippen LogP contribution in [0.2, 0.25) is 0 Å². The van der Waals surface area contributed by atoms with Gasteiger partial charge >= 0.3 is 6.03 Å². The normalized spacial score (nSPS) is 16.6. The summed E-state index contributed by atoms with van der Waals surface area (Å²) < 4.78 is 27.6. The van der Waals surface area contributed by atoms with Crippen molar-refractivity contribution in [1.29, 1.82) is 0 Å². The highest BCUT2D eigenvalue weighted by atomic mass is 32.2. The van der Waals surface area contributed by atoms with Crippen molar-refractivity contribution in [1.82, 2.24) is 4.31 Å². The molecule has 2 aromatic carbocycles. The van der Waals surface area contributed by atoms with E-state index in [9.17, 15) is 18.0 Å². The zero-order valence-electron chi connectivity index (χ0n) is 18.7. The minimum Gasteiger partial charge on any atom is -0.326 e. The summed E-state index contributed by atoms with van der Waals surface area (Å²) in [6.45, 7) is 2.44. The number of anilines is 3. The molecule has 2 heterocycles. The molecule has 3 N–H and O–H groups in total. The summed E-state index contributed by atoms with van der Waals surface area (Å²) in [6.07, 6.45) is 1.25. The van der Waals surface area contributed by atoms with Crippen molar-refractivity contribution in [3.8, 4) is 0 Å². The van der Waals surface area contributed by atoms with Gasteiger partial charge in [-0.1, -0.05) is 18.2 Å². The molecule has 1 unspecified atom stereocenters. The zero-order chi connectivity index (χ0) is 24.1. The lowest BCUT2D eigenvalue weighted by atomic mass is 9.98. The molecule has 1 saturated heterocycles. The molecule has 34 heavy (non-hydrogen) atoms. The van der Waals surface area contributed by atoms with Gasteiger partial charge in [-0.25, -0.2) is 13.2 Å². The lowest BCUT2D eigenvalue weighted by molar-refractivity contribution is -0.120. The van der Waals surface area contributed by atoms with E-state index in [4.69, 9.17) is 0 Å². The number of thiophene rings is 1. The second-order valence-electron chi connectivity index (χ2n) is 8.08. The molecule has 0 saturated carbocycles. The Morgan fingerprint density at radius 3 is 2.12 bits per heavy atom. The fourth-order valence-electron chi connectivity index (χ4n) is 3.75. The summed E-state index contributed by atoms with van der Waals surface area (Å²) in [5.41, 5.74) is 1.84.